The van der Waals surface area contributed by atoms with E-state index in [1.807, 2.05) is 96.1 Å². The molecule has 2 unspecified atom stereocenters. The van der Waals surface area contributed by atoms with Gasteiger partial charge in [0.2, 0.25) is 5.91 Å². The Balaban J connectivity index is 1.68. The van der Waals surface area contributed by atoms with Crippen molar-refractivity contribution in [3.63, 3.8) is 0 Å². The lowest BCUT2D eigenvalue weighted by molar-refractivity contribution is -0.165. The van der Waals surface area contributed by atoms with E-state index in [0.29, 0.717) is 25.2 Å². The van der Waals surface area contributed by atoms with Crippen molar-refractivity contribution in [1.29, 1.82) is 0 Å². The molecule has 38 heavy (non-hydrogen) atoms. The van der Waals surface area contributed by atoms with Crippen LogP contribution in [0.1, 0.15) is 65.5 Å². The third-order valence-corrected chi connectivity index (χ3v) is 7.82. The summed E-state index contributed by atoms with van der Waals surface area (Å²) >= 11 is 0. The molecule has 0 heterocycles. The molecular weight excluding hydrogens is 482 g/mol. The molecule has 1 amide bonds. The Morgan fingerprint density at radius 3 is 2.18 bits per heavy atom. The van der Waals surface area contributed by atoms with E-state index in [9.17, 15) is 14.4 Å². The number of carbonyl (C=O) groups excluding carboxylic acids is 3. The molecule has 1 N–H and O–H groups in total. The predicted molar refractivity (Wildman–Crippen MR) is 145 cm³/mol. The van der Waals surface area contributed by atoms with Gasteiger partial charge in [-0.1, -0.05) is 63.2 Å². The fourth-order valence-corrected chi connectivity index (χ4v) is 5.04. The molecule has 2 aromatic carbocycles. The molecule has 206 valence electrons. The lowest BCUT2D eigenvalue weighted by Gasteiger charge is -2.40. The van der Waals surface area contributed by atoms with Crippen LogP contribution in [0.15, 0.2) is 54.6 Å². The highest BCUT2D eigenvalue weighted by Crippen LogP contribution is 2.56. The first-order chi connectivity index (χ1) is 17.8. The Morgan fingerprint density at radius 1 is 0.974 bits per heavy atom. The molecule has 0 aliphatic heterocycles. The molecule has 0 radical (unpaired) electrons. The van der Waals surface area contributed by atoms with Gasteiger partial charge in [0, 0.05) is 6.42 Å². The van der Waals surface area contributed by atoms with Gasteiger partial charge >= 0.3 is 11.9 Å². The van der Waals surface area contributed by atoms with Gasteiger partial charge in [-0.3, -0.25) is 9.59 Å². The average molecular weight is 524 g/mol. The number of rotatable bonds is 9. The molecular formula is C31H41NO6. The molecule has 2 aromatic rings. The summed E-state index contributed by atoms with van der Waals surface area (Å²) in [5.41, 5.74) is -0.210. The van der Waals surface area contributed by atoms with Gasteiger partial charge in [-0.25, -0.2) is 4.79 Å². The van der Waals surface area contributed by atoms with E-state index in [4.69, 9.17) is 14.2 Å². The van der Waals surface area contributed by atoms with Gasteiger partial charge in [-0.2, -0.15) is 0 Å². The number of ether oxygens (including phenoxy) is 3. The summed E-state index contributed by atoms with van der Waals surface area (Å²) < 4.78 is 16.5. The van der Waals surface area contributed by atoms with E-state index >= 15 is 0 Å². The minimum absolute atomic E-state index is 0.267. The minimum atomic E-state index is -0.865. The molecule has 0 saturated heterocycles. The van der Waals surface area contributed by atoms with Crippen LogP contribution in [0.5, 0.6) is 5.75 Å². The lowest BCUT2D eigenvalue weighted by Crippen LogP contribution is -2.53. The first kappa shape index (κ1) is 29.2. The number of esters is 2. The molecule has 1 fully saturated rings. The van der Waals surface area contributed by atoms with Crippen LogP contribution >= 0.6 is 0 Å². The highest BCUT2D eigenvalue weighted by molar-refractivity contribution is 5.90. The summed E-state index contributed by atoms with van der Waals surface area (Å²) in [5, 5.41) is 2.93. The second-order valence-corrected chi connectivity index (χ2v) is 11.9. The van der Waals surface area contributed by atoms with Crippen molar-refractivity contribution in [1.82, 2.24) is 5.32 Å². The topological polar surface area (TPSA) is 90.9 Å². The monoisotopic (exact) mass is 523 g/mol. The van der Waals surface area contributed by atoms with Crippen LogP contribution in [-0.4, -0.2) is 36.6 Å². The maximum absolute atomic E-state index is 13.6. The van der Waals surface area contributed by atoms with Gasteiger partial charge in [-0.15, -0.1) is 0 Å². The maximum Gasteiger partial charge on any atom is 0.328 e. The standard InChI is InChI=1S/C31H41NO6/c1-29(2,3)38-26(33)24-17-18-31(6,30(24,4)5)28(35)32-25(27(34)36-7)19-21-13-15-23(16-14-21)37-20-22-11-9-8-10-12-22/h8-16,24-25H,17-20H2,1-7H3,(H,32,35)/t24?,25-,31?/m0/s1. The third kappa shape index (κ3) is 6.74. The second-order valence-electron chi connectivity index (χ2n) is 11.9. The van der Waals surface area contributed by atoms with Gasteiger partial charge < -0.3 is 19.5 Å². The lowest BCUT2D eigenvalue weighted by atomic mass is 9.65. The summed E-state index contributed by atoms with van der Waals surface area (Å²) in [5.74, 6) is -0.794. The number of hydrogen-bond donors (Lipinski definition) is 1. The zero-order chi connectivity index (χ0) is 28.1. The van der Waals surface area contributed by atoms with Crippen LogP contribution in [0.25, 0.3) is 0 Å². The highest BCUT2D eigenvalue weighted by Gasteiger charge is 2.59. The quantitative estimate of drug-likeness (QED) is 0.452. The van der Waals surface area contributed by atoms with E-state index in [1.165, 1.54) is 7.11 Å². The maximum atomic E-state index is 13.6. The van der Waals surface area contributed by atoms with Crippen LogP contribution in [0.4, 0.5) is 0 Å². The molecule has 3 rings (SSSR count). The number of methoxy groups -OCH3 is 1. The van der Waals surface area contributed by atoms with Crippen LogP contribution in [0, 0.1) is 16.7 Å². The van der Waals surface area contributed by atoms with Crippen LogP contribution in [0.3, 0.4) is 0 Å². The molecule has 7 nitrogen and oxygen atoms in total. The largest absolute Gasteiger partial charge is 0.489 e. The van der Waals surface area contributed by atoms with Crippen molar-refractivity contribution >= 4 is 17.8 Å². The van der Waals surface area contributed by atoms with Crippen molar-refractivity contribution in [2.24, 2.45) is 16.7 Å². The highest BCUT2D eigenvalue weighted by atomic mass is 16.6. The predicted octanol–water partition coefficient (Wildman–Crippen LogP) is 5.25. The first-order valence-electron chi connectivity index (χ1n) is 13.1. The molecule has 0 aromatic heterocycles. The zero-order valence-electron chi connectivity index (χ0n) is 23.6. The van der Waals surface area contributed by atoms with Crippen molar-refractivity contribution in [2.75, 3.05) is 7.11 Å². The Morgan fingerprint density at radius 2 is 1.61 bits per heavy atom. The molecule has 1 aliphatic rings. The van der Waals surface area contributed by atoms with Gasteiger partial charge in [0.15, 0.2) is 0 Å². The van der Waals surface area contributed by atoms with Crippen LogP contribution in [-0.2, 0) is 36.9 Å². The summed E-state index contributed by atoms with van der Waals surface area (Å²) in [6.07, 6.45) is 1.32. The smallest absolute Gasteiger partial charge is 0.328 e. The molecule has 1 aliphatic carbocycles. The number of nitrogens with one attached hydrogen (secondary N) is 1. The van der Waals surface area contributed by atoms with E-state index in [0.717, 1.165) is 11.1 Å². The summed E-state index contributed by atoms with van der Waals surface area (Å²) in [6, 6.07) is 16.5. The van der Waals surface area contributed by atoms with E-state index in [1.54, 1.807) is 0 Å². The minimum Gasteiger partial charge on any atom is -0.489 e. The van der Waals surface area contributed by atoms with E-state index in [-0.39, 0.29) is 18.3 Å². The fourth-order valence-electron chi connectivity index (χ4n) is 5.04. The van der Waals surface area contributed by atoms with E-state index < -0.39 is 34.4 Å². The average Bonchev–Trinajstić information content (AvgIpc) is 3.11. The Kier molecular flexibility index (Phi) is 8.90. The molecule has 3 atom stereocenters. The van der Waals surface area contributed by atoms with E-state index in [2.05, 4.69) is 5.32 Å². The van der Waals surface area contributed by atoms with Crippen molar-refractivity contribution in [3.05, 3.63) is 65.7 Å². The first-order valence-corrected chi connectivity index (χ1v) is 13.1. The molecule has 0 spiro atoms. The number of amides is 1. The van der Waals surface area contributed by atoms with Crippen LogP contribution < -0.4 is 10.1 Å². The number of hydrogen-bond acceptors (Lipinski definition) is 6. The molecule has 7 heteroatoms. The van der Waals surface area contributed by atoms with Crippen LogP contribution in [0.2, 0.25) is 0 Å². The van der Waals surface area contributed by atoms with Gasteiger partial charge in [0.05, 0.1) is 18.4 Å². The normalized spacial score (nSPS) is 21.3. The molecule has 1 saturated carbocycles. The SMILES string of the molecule is COC(=O)[C@H](Cc1ccc(OCc2ccccc2)cc1)NC(=O)C1(C)CCC(C(=O)OC(C)(C)C)C1(C)C. The molecule has 0 bridgehead atoms. The summed E-state index contributed by atoms with van der Waals surface area (Å²) in [7, 11) is 1.31. The zero-order valence-corrected chi connectivity index (χ0v) is 23.6. The third-order valence-electron chi connectivity index (χ3n) is 7.82. The van der Waals surface area contributed by atoms with Crippen molar-refractivity contribution in [3.8, 4) is 5.75 Å². The Labute approximate surface area is 226 Å². The fraction of sp³-hybridized carbons (Fsp3) is 0.516. The van der Waals surface area contributed by atoms with Crippen molar-refractivity contribution < 1.29 is 28.6 Å². The summed E-state index contributed by atoms with van der Waals surface area (Å²) in [4.78, 5) is 39.2. The van der Waals surface area contributed by atoms with Gasteiger partial charge in [0.25, 0.3) is 0 Å². The van der Waals surface area contributed by atoms with Gasteiger partial charge in [-0.05, 0) is 62.3 Å². The second kappa shape index (κ2) is 11.6. The Hall–Kier alpha value is -3.35. The summed E-state index contributed by atoms with van der Waals surface area (Å²) in [6.45, 7) is 11.7. The van der Waals surface area contributed by atoms with Crippen molar-refractivity contribution in [2.45, 2.75) is 79.1 Å². The van der Waals surface area contributed by atoms with Gasteiger partial charge in [0.1, 0.15) is 24.0 Å². The Bertz CT molecular complexity index is 1120. The number of benzene rings is 2. The number of carbonyl (C=O) groups is 3.